The highest BCUT2D eigenvalue weighted by molar-refractivity contribution is 7.99. The van der Waals surface area contributed by atoms with Crippen molar-refractivity contribution in [1.29, 1.82) is 0 Å². The first kappa shape index (κ1) is 18.3. The van der Waals surface area contributed by atoms with Crippen LogP contribution in [-0.4, -0.2) is 45.4 Å². The van der Waals surface area contributed by atoms with Gasteiger partial charge < -0.3 is 14.4 Å². The molecule has 0 aromatic carbocycles. The van der Waals surface area contributed by atoms with Crippen LogP contribution in [0.15, 0.2) is 20.2 Å². The molecule has 2 heterocycles. The first-order chi connectivity index (χ1) is 10.8. The number of likely N-dealkylation sites (N-methyl/N-ethyl adjacent to an activating group) is 1. The summed E-state index contributed by atoms with van der Waals surface area (Å²) in [5, 5.41) is 8.19. The van der Waals surface area contributed by atoms with Crippen LogP contribution in [0.25, 0.3) is 6.08 Å². The third kappa shape index (κ3) is 4.95. The van der Waals surface area contributed by atoms with Crippen molar-refractivity contribution in [3.8, 4) is 0 Å². The largest absolute Gasteiger partial charge is 0.465 e. The lowest BCUT2D eigenvalue weighted by Crippen LogP contribution is -2.30. The van der Waals surface area contributed by atoms with Crippen LogP contribution >= 0.6 is 23.3 Å². The maximum absolute atomic E-state index is 11.4. The molecular formula is C13H19N3O4S3. The molecular weight excluding hydrogens is 358 g/mol. The van der Waals surface area contributed by atoms with Crippen LogP contribution < -0.4 is 10.5 Å². The van der Waals surface area contributed by atoms with Crippen LogP contribution in [0.5, 0.6) is 0 Å². The van der Waals surface area contributed by atoms with Crippen LogP contribution in [0.2, 0.25) is 0 Å². The molecule has 1 aliphatic rings. The van der Waals surface area contributed by atoms with Gasteiger partial charge in [-0.3, -0.25) is 4.79 Å². The number of sulfonamides is 1. The zero-order chi connectivity index (χ0) is 17.0. The number of rotatable bonds is 7. The Hall–Kier alpha value is -1.07. The van der Waals surface area contributed by atoms with E-state index in [9.17, 15) is 13.2 Å². The summed E-state index contributed by atoms with van der Waals surface area (Å²) >= 11 is 2.59. The highest BCUT2D eigenvalue weighted by Gasteiger charge is 2.22. The van der Waals surface area contributed by atoms with Gasteiger partial charge >= 0.3 is 5.97 Å². The standard InChI is InChI=1S/C13H19N3O4S3/c1-3-4-20-11(17)8-15-7-10-5-9-6-12(23(14,18)19)21-13(9)22-16(10)2/h5-6,15H,3-4,7-8H2,1-2H3,(H2,14,18,19). The molecule has 23 heavy (non-hydrogen) atoms. The molecule has 10 heteroatoms. The third-order valence-corrected chi connectivity index (χ3v) is 6.72. The second-order valence-electron chi connectivity index (χ2n) is 4.90. The number of ether oxygens (including phenoxy) is 1. The van der Waals surface area contributed by atoms with Gasteiger partial charge in [0.25, 0.3) is 0 Å². The molecule has 0 saturated carbocycles. The van der Waals surface area contributed by atoms with Gasteiger partial charge in [0.05, 0.1) is 17.4 Å². The summed E-state index contributed by atoms with van der Waals surface area (Å²) in [7, 11) is -1.81. The molecule has 0 saturated heterocycles. The van der Waals surface area contributed by atoms with E-state index in [-0.39, 0.29) is 16.7 Å². The average molecular weight is 378 g/mol. The minimum absolute atomic E-state index is 0.134. The van der Waals surface area contributed by atoms with E-state index >= 15 is 0 Å². The van der Waals surface area contributed by atoms with Crippen LogP contribution in [0, 0.1) is 0 Å². The first-order valence-corrected chi connectivity index (χ1v) is 10.1. The van der Waals surface area contributed by atoms with Crippen LogP contribution in [0.1, 0.15) is 18.9 Å². The van der Waals surface area contributed by atoms with Gasteiger partial charge in [0.2, 0.25) is 10.0 Å². The Bertz CT molecular complexity index is 712. The minimum atomic E-state index is -3.69. The molecule has 1 aliphatic heterocycles. The van der Waals surface area contributed by atoms with E-state index in [1.165, 1.54) is 11.9 Å². The van der Waals surface area contributed by atoms with Gasteiger partial charge in [0, 0.05) is 24.9 Å². The smallest absolute Gasteiger partial charge is 0.319 e. The molecule has 0 bridgehead atoms. The Labute approximate surface area is 144 Å². The Morgan fingerprint density at radius 2 is 2.22 bits per heavy atom. The summed E-state index contributed by atoms with van der Waals surface area (Å²) in [5.41, 5.74) is 1.76. The van der Waals surface area contributed by atoms with E-state index in [4.69, 9.17) is 9.88 Å². The van der Waals surface area contributed by atoms with Crippen LogP contribution in [0.4, 0.5) is 0 Å². The second kappa shape index (κ2) is 7.67. The van der Waals surface area contributed by atoms with E-state index in [2.05, 4.69) is 5.32 Å². The van der Waals surface area contributed by atoms with Gasteiger partial charge in [-0.1, -0.05) is 6.92 Å². The van der Waals surface area contributed by atoms with E-state index < -0.39 is 10.0 Å². The number of fused-ring (bicyclic) bond motifs is 1. The van der Waals surface area contributed by atoms with Crippen molar-refractivity contribution in [2.75, 3.05) is 26.7 Å². The minimum Gasteiger partial charge on any atom is -0.465 e. The summed E-state index contributed by atoms with van der Waals surface area (Å²) in [6.07, 6.45) is 2.69. The molecule has 128 valence electrons. The molecule has 0 aliphatic carbocycles. The zero-order valence-electron chi connectivity index (χ0n) is 12.9. The van der Waals surface area contributed by atoms with Crippen molar-refractivity contribution in [2.45, 2.75) is 21.8 Å². The molecule has 0 spiro atoms. The summed E-state index contributed by atoms with van der Waals surface area (Å²) in [6, 6.07) is 1.57. The Kier molecular flexibility index (Phi) is 6.09. The number of nitrogens with one attached hydrogen (secondary N) is 1. The van der Waals surface area contributed by atoms with E-state index in [1.54, 1.807) is 6.07 Å². The quantitative estimate of drug-likeness (QED) is 0.544. The van der Waals surface area contributed by atoms with Gasteiger partial charge in [0.1, 0.15) is 4.21 Å². The number of carbonyl (C=O) groups excluding carboxylic acids is 1. The summed E-state index contributed by atoms with van der Waals surface area (Å²) < 4.78 is 30.8. The fourth-order valence-corrected chi connectivity index (χ4v) is 5.08. The Balaban J connectivity index is 2.00. The Morgan fingerprint density at radius 1 is 1.48 bits per heavy atom. The van der Waals surface area contributed by atoms with Gasteiger partial charge in [-0.25, -0.2) is 13.6 Å². The van der Waals surface area contributed by atoms with Crippen molar-refractivity contribution in [3.63, 3.8) is 0 Å². The molecule has 0 radical (unpaired) electrons. The number of nitrogens with two attached hydrogens (primary N) is 1. The molecule has 0 amide bonds. The first-order valence-electron chi connectivity index (χ1n) is 6.96. The topological polar surface area (TPSA) is 102 Å². The lowest BCUT2D eigenvalue weighted by atomic mass is 10.2. The fraction of sp³-hybridized carbons (Fsp3) is 0.462. The lowest BCUT2D eigenvalue weighted by Gasteiger charge is -2.25. The second-order valence-corrected chi connectivity index (χ2v) is 9.14. The number of carbonyl (C=O) groups is 1. The van der Waals surface area contributed by atoms with Crippen LogP contribution in [-0.2, 0) is 19.6 Å². The van der Waals surface area contributed by atoms with E-state index in [0.717, 1.165) is 33.2 Å². The SMILES string of the molecule is CCCOC(=O)CNCC1=Cc2cc(S(N)(=O)=O)sc2SN1C. The number of hydrogen-bond donors (Lipinski definition) is 2. The molecule has 0 atom stereocenters. The zero-order valence-corrected chi connectivity index (χ0v) is 15.3. The highest BCUT2D eigenvalue weighted by atomic mass is 32.3. The Morgan fingerprint density at radius 3 is 2.87 bits per heavy atom. The van der Waals surface area contributed by atoms with Crippen molar-refractivity contribution in [1.82, 2.24) is 9.62 Å². The normalized spacial score (nSPS) is 14.4. The highest BCUT2D eigenvalue weighted by Crippen LogP contribution is 2.41. The van der Waals surface area contributed by atoms with E-state index in [1.807, 2.05) is 24.4 Å². The number of hydrogen-bond acceptors (Lipinski definition) is 8. The van der Waals surface area contributed by atoms with Crippen molar-refractivity contribution < 1.29 is 17.9 Å². The molecule has 1 aromatic rings. The van der Waals surface area contributed by atoms with Gasteiger partial charge in [0.15, 0.2) is 0 Å². The maximum Gasteiger partial charge on any atom is 0.319 e. The van der Waals surface area contributed by atoms with Crippen molar-refractivity contribution >= 4 is 45.4 Å². The monoisotopic (exact) mass is 377 g/mol. The summed E-state index contributed by atoms with van der Waals surface area (Å²) in [5.74, 6) is -0.286. The van der Waals surface area contributed by atoms with Crippen molar-refractivity contribution in [2.24, 2.45) is 5.14 Å². The third-order valence-electron chi connectivity index (χ3n) is 2.97. The predicted molar refractivity (Wildman–Crippen MR) is 91.4 cm³/mol. The molecule has 0 fully saturated rings. The molecule has 2 rings (SSSR count). The van der Waals surface area contributed by atoms with Crippen LogP contribution in [0.3, 0.4) is 0 Å². The average Bonchev–Trinajstić information content (AvgIpc) is 2.88. The molecule has 1 aromatic heterocycles. The number of primary sulfonamides is 1. The van der Waals surface area contributed by atoms with Crippen molar-refractivity contribution in [3.05, 3.63) is 17.3 Å². The van der Waals surface area contributed by atoms with Gasteiger partial charge in [-0.05, 0) is 30.5 Å². The maximum atomic E-state index is 11.4. The predicted octanol–water partition coefficient (Wildman–Crippen LogP) is 1.23. The molecule has 0 unspecified atom stereocenters. The fourth-order valence-electron chi connectivity index (χ4n) is 1.85. The number of nitrogens with zero attached hydrogens (tertiary/aromatic N) is 1. The van der Waals surface area contributed by atoms with Gasteiger partial charge in [-0.15, -0.1) is 11.3 Å². The summed E-state index contributed by atoms with van der Waals surface area (Å²) in [4.78, 5) is 11.4. The lowest BCUT2D eigenvalue weighted by molar-refractivity contribution is -0.142. The molecule has 7 nitrogen and oxygen atoms in total. The number of esters is 1. The molecule has 3 N–H and O–H groups in total. The van der Waals surface area contributed by atoms with Gasteiger partial charge in [-0.2, -0.15) is 0 Å². The van der Waals surface area contributed by atoms with E-state index in [0.29, 0.717) is 13.2 Å². The number of thiophene rings is 1. The summed E-state index contributed by atoms with van der Waals surface area (Å²) in [6.45, 7) is 2.97.